The molecule has 3 atom stereocenters. The van der Waals surface area contributed by atoms with Crippen molar-refractivity contribution < 1.29 is 23.9 Å². The predicted molar refractivity (Wildman–Crippen MR) is 146 cm³/mol. The van der Waals surface area contributed by atoms with E-state index in [9.17, 15) is 19.2 Å². The van der Waals surface area contributed by atoms with Gasteiger partial charge in [0.1, 0.15) is 9.75 Å². The molecule has 0 saturated carbocycles. The highest BCUT2D eigenvalue weighted by atomic mass is 35.5. The summed E-state index contributed by atoms with van der Waals surface area (Å²) in [7, 11) is 0. The molecule has 4 aliphatic rings. The molecule has 0 radical (unpaired) electrons. The van der Waals surface area contributed by atoms with Gasteiger partial charge in [-0.3, -0.25) is 24.1 Å². The standard InChI is InChI=1S/C31H25Cl2NO5/c1-17-11-13-19(14-12-17)27(36)18(2)39-24(35)15-16-34-28(37)25-26(29(34)38)31(33)21-8-4-3-7-20(21)30(25,32)22-9-5-6-10-23(22)31/h3-14,18,25-26H,15-16H2,1-2H3/t18-,25-,26+,30?,31?/m0/s1. The lowest BCUT2D eigenvalue weighted by molar-refractivity contribution is -0.148. The summed E-state index contributed by atoms with van der Waals surface area (Å²) in [6.45, 7) is 3.22. The summed E-state index contributed by atoms with van der Waals surface area (Å²) in [4.78, 5) is 51.5. The molecular formula is C31H25Cl2NO5. The average Bonchev–Trinajstić information content (AvgIpc) is 3.20. The molecule has 0 spiro atoms. The number of nitrogens with zero attached hydrogens (tertiary/aromatic N) is 1. The molecule has 3 aromatic carbocycles. The van der Waals surface area contributed by atoms with Crippen LogP contribution in [0.25, 0.3) is 0 Å². The van der Waals surface area contributed by atoms with Gasteiger partial charge in [0.25, 0.3) is 0 Å². The van der Waals surface area contributed by atoms with E-state index in [1.165, 1.54) is 6.92 Å². The highest BCUT2D eigenvalue weighted by Gasteiger charge is 2.72. The number of esters is 1. The largest absolute Gasteiger partial charge is 0.454 e. The highest BCUT2D eigenvalue weighted by Crippen LogP contribution is 2.69. The van der Waals surface area contributed by atoms with Gasteiger partial charge in [-0.1, -0.05) is 78.4 Å². The minimum Gasteiger partial charge on any atom is -0.454 e. The Morgan fingerprint density at radius 2 is 1.26 bits per heavy atom. The Labute approximate surface area is 235 Å². The van der Waals surface area contributed by atoms with Gasteiger partial charge in [0, 0.05) is 12.1 Å². The molecule has 6 nitrogen and oxygen atoms in total. The van der Waals surface area contributed by atoms with Gasteiger partial charge in [0.2, 0.25) is 17.6 Å². The number of imide groups is 1. The Morgan fingerprint density at radius 3 is 1.69 bits per heavy atom. The zero-order chi connectivity index (χ0) is 27.7. The summed E-state index contributed by atoms with van der Waals surface area (Å²) in [5, 5.41) is 0. The van der Waals surface area contributed by atoms with E-state index in [0.29, 0.717) is 27.8 Å². The number of carbonyl (C=O) groups is 4. The van der Waals surface area contributed by atoms with Crippen LogP contribution >= 0.6 is 23.2 Å². The quantitative estimate of drug-likeness (QED) is 0.181. The van der Waals surface area contributed by atoms with Gasteiger partial charge in [0.05, 0.1) is 18.3 Å². The van der Waals surface area contributed by atoms with E-state index in [2.05, 4.69) is 0 Å². The maximum atomic E-state index is 13.8. The van der Waals surface area contributed by atoms with Gasteiger partial charge >= 0.3 is 5.97 Å². The predicted octanol–water partition coefficient (Wildman–Crippen LogP) is 5.09. The van der Waals surface area contributed by atoms with Crippen molar-refractivity contribution in [3.8, 4) is 0 Å². The second-order valence-corrected chi connectivity index (χ2v) is 11.6. The molecule has 2 bridgehead atoms. The number of hydrogen-bond acceptors (Lipinski definition) is 5. The van der Waals surface area contributed by atoms with E-state index >= 15 is 0 Å². The van der Waals surface area contributed by atoms with E-state index in [0.717, 1.165) is 10.5 Å². The molecule has 3 aromatic rings. The topological polar surface area (TPSA) is 80.8 Å². The van der Waals surface area contributed by atoms with Crippen LogP contribution in [0.2, 0.25) is 0 Å². The van der Waals surface area contributed by atoms with Gasteiger partial charge in [-0.25, -0.2) is 0 Å². The number of ketones is 1. The van der Waals surface area contributed by atoms with Crippen molar-refractivity contribution in [2.24, 2.45) is 11.8 Å². The van der Waals surface area contributed by atoms with Crippen LogP contribution in [-0.4, -0.2) is 41.1 Å². The van der Waals surface area contributed by atoms with E-state index < -0.39 is 45.5 Å². The number of likely N-dealkylation sites (tertiary alicyclic amines) is 1. The van der Waals surface area contributed by atoms with Crippen molar-refractivity contribution in [3.63, 3.8) is 0 Å². The first-order chi connectivity index (χ1) is 18.6. The Hall–Kier alpha value is -3.48. The molecule has 39 heavy (non-hydrogen) atoms. The van der Waals surface area contributed by atoms with Crippen molar-refractivity contribution >= 4 is 46.8 Å². The molecule has 0 aromatic heterocycles. The number of amides is 2. The molecule has 3 aliphatic carbocycles. The van der Waals surface area contributed by atoms with E-state index in [-0.39, 0.29) is 18.7 Å². The van der Waals surface area contributed by atoms with Crippen LogP contribution in [-0.2, 0) is 28.9 Å². The SMILES string of the molecule is Cc1ccc(C(=O)[C@H](C)OC(=O)CCN2C(=O)[C@@H]3[C@H](C2=O)C2(Cl)c4ccccc4C3(Cl)c3ccccc32)cc1. The summed E-state index contributed by atoms with van der Waals surface area (Å²) in [5.41, 5.74) is 4.30. The van der Waals surface area contributed by atoms with Crippen LogP contribution in [0.4, 0.5) is 0 Å². The minimum atomic E-state index is -1.27. The zero-order valence-corrected chi connectivity index (χ0v) is 22.8. The summed E-state index contributed by atoms with van der Waals surface area (Å²) in [6, 6.07) is 21.8. The second-order valence-electron chi connectivity index (χ2n) is 10.4. The Morgan fingerprint density at radius 1 is 0.821 bits per heavy atom. The third-order valence-electron chi connectivity index (χ3n) is 8.23. The van der Waals surface area contributed by atoms with Crippen LogP contribution in [0.3, 0.4) is 0 Å². The maximum Gasteiger partial charge on any atom is 0.308 e. The number of Topliss-reactive ketones (excluding diaryl/α,β-unsaturated/α-hetero) is 1. The van der Waals surface area contributed by atoms with Crippen molar-refractivity contribution in [1.29, 1.82) is 0 Å². The first-order valence-electron chi connectivity index (χ1n) is 12.8. The molecule has 1 saturated heterocycles. The normalized spacial score (nSPS) is 27.0. The molecule has 2 amide bonds. The van der Waals surface area contributed by atoms with Crippen molar-refractivity contribution in [3.05, 3.63) is 106 Å². The van der Waals surface area contributed by atoms with Gasteiger partial charge in [-0.05, 0) is 36.1 Å². The number of rotatable bonds is 6. The lowest BCUT2D eigenvalue weighted by atomic mass is 9.54. The Balaban J connectivity index is 1.24. The summed E-state index contributed by atoms with van der Waals surface area (Å²) in [5.74, 6) is -3.80. The van der Waals surface area contributed by atoms with Crippen LogP contribution < -0.4 is 0 Å². The van der Waals surface area contributed by atoms with E-state index in [1.54, 1.807) is 12.1 Å². The van der Waals surface area contributed by atoms with Crippen LogP contribution in [0.5, 0.6) is 0 Å². The summed E-state index contributed by atoms with van der Waals surface area (Å²) in [6.07, 6.45) is -1.27. The zero-order valence-electron chi connectivity index (χ0n) is 21.3. The lowest BCUT2D eigenvalue weighted by Gasteiger charge is -2.54. The molecule has 0 N–H and O–H groups in total. The maximum absolute atomic E-state index is 13.8. The fourth-order valence-electron chi connectivity index (χ4n) is 6.41. The fourth-order valence-corrected chi connectivity index (χ4v) is 7.51. The molecule has 0 unspecified atom stereocenters. The Kier molecular flexibility index (Phi) is 5.97. The number of hydrogen-bond donors (Lipinski definition) is 0. The van der Waals surface area contributed by atoms with Crippen LogP contribution in [0, 0.1) is 18.8 Å². The fraction of sp³-hybridized carbons (Fsp3) is 0.290. The highest BCUT2D eigenvalue weighted by molar-refractivity contribution is 6.36. The monoisotopic (exact) mass is 561 g/mol. The van der Waals surface area contributed by atoms with Gasteiger partial charge < -0.3 is 4.74 Å². The second kappa shape index (κ2) is 9.04. The van der Waals surface area contributed by atoms with Crippen molar-refractivity contribution in [2.75, 3.05) is 6.54 Å². The summed E-state index contributed by atoms with van der Waals surface area (Å²) < 4.78 is 5.35. The third kappa shape index (κ3) is 3.54. The number of carbonyl (C=O) groups excluding carboxylic acids is 4. The minimum absolute atomic E-state index is 0.193. The smallest absolute Gasteiger partial charge is 0.308 e. The number of benzene rings is 3. The van der Waals surface area contributed by atoms with Crippen molar-refractivity contribution in [1.82, 2.24) is 4.90 Å². The van der Waals surface area contributed by atoms with Crippen molar-refractivity contribution in [2.45, 2.75) is 36.1 Å². The average molecular weight is 562 g/mol. The molecule has 1 aliphatic heterocycles. The van der Waals surface area contributed by atoms with Gasteiger partial charge in [-0.2, -0.15) is 0 Å². The van der Waals surface area contributed by atoms with E-state index in [1.807, 2.05) is 67.6 Å². The first kappa shape index (κ1) is 25.8. The summed E-state index contributed by atoms with van der Waals surface area (Å²) >= 11 is 14.8. The van der Waals surface area contributed by atoms with Gasteiger partial charge in [0.15, 0.2) is 6.10 Å². The molecule has 7 rings (SSSR count). The van der Waals surface area contributed by atoms with Crippen LogP contribution in [0.15, 0.2) is 72.8 Å². The van der Waals surface area contributed by atoms with Gasteiger partial charge in [-0.15, -0.1) is 23.2 Å². The number of ether oxygens (including phenoxy) is 1. The molecule has 198 valence electrons. The first-order valence-corrected chi connectivity index (χ1v) is 13.6. The number of halogens is 2. The molecule has 1 heterocycles. The number of aryl methyl sites for hydroxylation is 1. The van der Waals surface area contributed by atoms with Crippen LogP contribution in [0.1, 0.15) is 51.5 Å². The number of alkyl halides is 2. The Bertz CT molecular complexity index is 1430. The molecule has 8 heteroatoms. The third-order valence-corrected chi connectivity index (χ3v) is 9.51. The lowest BCUT2D eigenvalue weighted by Crippen LogP contribution is -2.57. The molecular weight excluding hydrogens is 537 g/mol. The van der Waals surface area contributed by atoms with E-state index in [4.69, 9.17) is 27.9 Å². The molecule has 1 fully saturated rings.